The fraction of sp³-hybridized carbons (Fsp3) is 0.538. The highest BCUT2D eigenvalue weighted by Crippen LogP contribution is 2.21. The molecule has 0 spiro atoms. The van der Waals surface area contributed by atoms with Crippen molar-refractivity contribution in [2.45, 2.75) is 31.8 Å². The maximum atomic E-state index is 5.44. The molecule has 1 aliphatic rings. The van der Waals surface area contributed by atoms with Crippen LogP contribution in [-0.4, -0.2) is 39.1 Å². The van der Waals surface area contributed by atoms with Crippen LogP contribution >= 0.6 is 28.1 Å². The van der Waals surface area contributed by atoms with Crippen molar-refractivity contribution < 1.29 is 0 Å². The molecule has 0 radical (unpaired) electrons. The molecule has 3 heterocycles. The summed E-state index contributed by atoms with van der Waals surface area (Å²) in [7, 11) is 2.20. The van der Waals surface area contributed by atoms with Gasteiger partial charge in [0.15, 0.2) is 10.4 Å². The number of hydrogen-bond donors (Lipinski definition) is 1. The number of likely N-dealkylation sites (tertiary alicyclic amines) is 1. The number of halogens is 1. The Kier molecular flexibility index (Phi) is 3.73. The Balaban J connectivity index is 1.96. The van der Waals surface area contributed by atoms with Gasteiger partial charge in [-0.25, -0.2) is 4.98 Å². The molecule has 3 rings (SSSR count). The van der Waals surface area contributed by atoms with E-state index < -0.39 is 0 Å². The average molecular weight is 341 g/mol. The van der Waals surface area contributed by atoms with E-state index in [0.717, 1.165) is 27.0 Å². The minimum absolute atomic E-state index is 0.560. The maximum Gasteiger partial charge on any atom is 0.179 e. The largest absolute Gasteiger partial charge is 0.329 e. The van der Waals surface area contributed by atoms with E-state index in [9.17, 15) is 0 Å². The van der Waals surface area contributed by atoms with Crippen LogP contribution < -0.4 is 0 Å². The number of pyridine rings is 1. The van der Waals surface area contributed by atoms with E-state index in [-0.39, 0.29) is 0 Å². The normalized spacial score (nSPS) is 21.1. The Morgan fingerprint density at radius 2 is 2.37 bits per heavy atom. The molecule has 0 amide bonds. The van der Waals surface area contributed by atoms with Gasteiger partial charge in [0.2, 0.25) is 0 Å². The Bertz CT molecular complexity index is 648. The Hall–Kier alpha value is -0.720. The lowest BCUT2D eigenvalue weighted by atomic mass is 10.0. The fourth-order valence-electron chi connectivity index (χ4n) is 2.77. The number of imidazole rings is 1. The van der Waals surface area contributed by atoms with E-state index in [1.54, 1.807) is 0 Å². The van der Waals surface area contributed by atoms with Gasteiger partial charge in [-0.3, -0.25) is 4.57 Å². The van der Waals surface area contributed by atoms with Gasteiger partial charge in [-0.15, -0.1) is 0 Å². The number of H-pyrrole nitrogens is 1. The van der Waals surface area contributed by atoms with E-state index in [2.05, 4.69) is 42.4 Å². The zero-order valence-electron chi connectivity index (χ0n) is 10.9. The van der Waals surface area contributed by atoms with Gasteiger partial charge in [-0.05, 0) is 60.6 Å². The number of fused-ring (bicyclic) bond motifs is 1. The Morgan fingerprint density at radius 1 is 1.53 bits per heavy atom. The van der Waals surface area contributed by atoms with Gasteiger partial charge < -0.3 is 9.88 Å². The second kappa shape index (κ2) is 5.34. The molecular formula is C13H17BrN4S. The number of nitrogens with zero attached hydrogens (tertiary/aromatic N) is 3. The van der Waals surface area contributed by atoms with Crippen molar-refractivity contribution >= 4 is 39.3 Å². The maximum absolute atomic E-state index is 5.44. The van der Waals surface area contributed by atoms with E-state index in [4.69, 9.17) is 12.2 Å². The van der Waals surface area contributed by atoms with Crippen molar-refractivity contribution in [3.05, 3.63) is 21.5 Å². The number of likely N-dealkylation sites (N-methyl/N-ethyl adjacent to an activating group) is 1. The first-order valence-corrected chi connectivity index (χ1v) is 7.79. The van der Waals surface area contributed by atoms with Crippen LogP contribution in [0.3, 0.4) is 0 Å². The highest BCUT2D eigenvalue weighted by atomic mass is 79.9. The number of piperidine rings is 1. The van der Waals surface area contributed by atoms with Gasteiger partial charge >= 0.3 is 0 Å². The van der Waals surface area contributed by atoms with Gasteiger partial charge in [0, 0.05) is 23.3 Å². The quantitative estimate of drug-likeness (QED) is 0.852. The van der Waals surface area contributed by atoms with Crippen molar-refractivity contribution in [3.8, 4) is 0 Å². The van der Waals surface area contributed by atoms with Crippen LogP contribution in [0, 0.1) is 4.77 Å². The summed E-state index contributed by atoms with van der Waals surface area (Å²) in [6.07, 6.45) is 5.68. The van der Waals surface area contributed by atoms with Gasteiger partial charge in [0.25, 0.3) is 0 Å². The van der Waals surface area contributed by atoms with E-state index >= 15 is 0 Å². The zero-order chi connectivity index (χ0) is 13.4. The molecule has 1 unspecified atom stereocenters. The second-order valence-electron chi connectivity index (χ2n) is 5.20. The minimum atomic E-state index is 0.560. The molecule has 1 saturated heterocycles. The summed E-state index contributed by atoms with van der Waals surface area (Å²) in [4.78, 5) is 10.2. The Labute approximate surface area is 126 Å². The first-order chi connectivity index (χ1) is 9.15. The van der Waals surface area contributed by atoms with Crippen LogP contribution in [-0.2, 0) is 6.54 Å². The molecule has 1 fully saturated rings. The first-order valence-electron chi connectivity index (χ1n) is 6.59. The highest BCUT2D eigenvalue weighted by molar-refractivity contribution is 9.10. The molecule has 19 heavy (non-hydrogen) atoms. The third kappa shape index (κ3) is 2.61. The third-order valence-corrected chi connectivity index (χ3v) is 4.65. The summed E-state index contributed by atoms with van der Waals surface area (Å²) in [5, 5.41) is 0. The molecule has 2 aromatic heterocycles. The monoisotopic (exact) mass is 340 g/mol. The molecule has 0 aliphatic carbocycles. The summed E-state index contributed by atoms with van der Waals surface area (Å²) >= 11 is 8.88. The predicted molar refractivity (Wildman–Crippen MR) is 82.9 cm³/mol. The molecule has 0 bridgehead atoms. The third-order valence-electron chi connectivity index (χ3n) is 3.89. The molecule has 0 aromatic carbocycles. The van der Waals surface area contributed by atoms with Crippen molar-refractivity contribution in [2.75, 3.05) is 13.6 Å². The van der Waals surface area contributed by atoms with Gasteiger partial charge in [0.05, 0.1) is 5.52 Å². The standard InChI is InChI=1S/C13H17BrN4S/c1-17-5-3-2-4-10(17)8-18-12-11(16-13(18)19)6-9(14)7-15-12/h6-7,10H,2-5,8H2,1H3,(H,16,19). The highest BCUT2D eigenvalue weighted by Gasteiger charge is 2.20. The van der Waals surface area contributed by atoms with Crippen LogP contribution in [0.15, 0.2) is 16.7 Å². The summed E-state index contributed by atoms with van der Waals surface area (Å²) in [5.41, 5.74) is 1.95. The van der Waals surface area contributed by atoms with Gasteiger partial charge in [-0.1, -0.05) is 6.42 Å². The van der Waals surface area contributed by atoms with E-state index in [0.29, 0.717) is 6.04 Å². The molecular weight excluding hydrogens is 324 g/mol. The summed E-state index contributed by atoms with van der Waals surface area (Å²) in [6.45, 7) is 2.10. The Morgan fingerprint density at radius 3 is 3.16 bits per heavy atom. The lowest BCUT2D eigenvalue weighted by Gasteiger charge is -2.32. The SMILES string of the molecule is CN1CCCCC1Cn1c(=S)[nH]c2cc(Br)cnc21. The molecule has 2 aromatic rings. The number of aromatic amines is 1. The lowest BCUT2D eigenvalue weighted by molar-refractivity contribution is 0.168. The molecule has 102 valence electrons. The van der Waals surface area contributed by atoms with E-state index in [1.165, 1.54) is 25.8 Å². The van der Waals surface area contributed by atoms with Crippen molar-refractivity contribution in [3.63, 3.8) is 0 Å². The average Bonchev–Trinajstić information content (AvgIpc) is 2.68. The topological polar surface area (TPSA) is 36.9 Å². The molecule has 6 heteroatoms. The molecule has 4 nitrogen and oxygen atoms in total. The fourth-order valence-corrected chi connectivity index (χ4v) is 3.38. The van der Waals surface area contributed by atoms with Gasteiger partial charge in [0.1, 0.15) is 0 Å². The van der Waals surface area contributed by atoms with Crippen LogP contribution in [0.25, 0.3) is 11.2 Å². The van der Waals surface area contributed by atoms with Crippen LogP contribution in [0.1, 0.15) is 19.3 Å². The van der Waals surface area contributed by atoms with Crippen LogP contribution in [0.2, 0.25) is 0 Å². The van der Waals surface area contributed by atoms with Gasteiger partial charge in [-0.2, -0.15) is 0 Å². The zero-order valence-corrected chi connectivity index (χ0v) is 13.3. The van der Waals surface area contributed by atoms with Crippen molar-refractivity contribution in [1.82, 2.24) is 19.4 Å². The first kappa shape index (κ1) is 13.3. The van der Waals surface area contributed by atoms with Crippen LogP contribution in [0.4, 0.5) is 0 Å². The predicted octanol–water partition coefficient (Wildman–Crippen LogP) is 3.34. The smallest absolute Gasteiger partial charge is 0.179 e. The summed E-state index contributed by atoms with van der Waals surface area (Å²) in [5.74, 6) is 0. The second-order valence-corrected chi connectivity index (χ2v) is 6.50. The lowest BCUT2D eigenvalue weighted by Crippen LogP contribution is -2.39. The van der Waals surface area contributed by atoms with Crippen molar-refractivity contribution in [1.29, 1.82) is 0 Å². The van der Waals surface area contributed by atoms with E-state index in [1.807, 2.05) is 12.3 Å². The minimum Gasteiger partial charge on any atom is -0.329 e. The number of rotatable bonds is 2. The number of nitrogens with one attached hydrogen (secondary N) is 1. The molecule has 0 saturated carbocycles. The number of hydrogen-bond acceptors (Lipinski definition) is 3. The van der Waals surface area contributed by atoms with Crippen molar-refractivity contribution in [2.24, 2.45) is 0 Å². The molecule has 1 atom stereocenters. The number of aromatic nitrogens is 3. The summed E-state index contributed by atoms with van der Waals surface area (Å²) in [6, 6.07) is 2.59. The van der Waals surface area contributed by atoms with Crippen LogP contribution in [0.5, 0.6) is 0 Å². The molecule has 1 aliphatic heterocycles. The molecule has 1 N–H and O–H groups in total. The summed E-state index contributed by atoms with van der Waals surface area (Å²) < 4.78 is 3.86.